The Bertz CT molecular complexity index is 959. The van der Waals surface area contributed by atoms with E-state index in [0.29, 0.717) is 24.9 Å². The summed E-state index contributed by atoms with van der Waals surface area (Å²) in [6, 6.07) is 16.5. The largest absolute Gasteiger partial charge is 0.491 e. The Labute approximate surface area is 227 Å². The van der Waals surface area contributed by atoms with Crippen LogP contribution < -0.4 is 9.47 Å². The molecule has 1 saturated heterocycles. The van der Waals surface area contributed by atoms with E-state index in [1.165, 1.54) is 24.0 Å². The second-order valence-corrected chi connectivity index (χ2v) is 10.9. The minimum absolute atomic E-state index is 0.289. The molecule has 0 saturated carbocycles. The van der Waals surface area contributed by atoms with Gasteiger partial charge in [-0.1, -0.05) is 48.6 Å². The van der Waals surface area contributed by atoms with Gasteiger partial charge in [0.15, 0.2) is 0 Å². The minimum Gasteiger partial charge on any atom is -0.491 e. The van der Waals surface area contributed by atoms with Crippen LogP contribution in [0.1, 0.15) is 48.6 Å². The van der Waals surface area contributed by atoms with Gasteiger partial charge in [-0.25, -0.2) is 0 Å². The first-order valence-corrected chi connectivity index (χ1v) is 14.2. The number of aliphatic hydroxyl groups excluding tert-OH is 2. The molecule has 204 valence electrons. The lowest BCUT2D eigenvalue weighted by molar-refractivity contribution is 0.0240. The average molecular weight is 519 g/mol. The molecule has 0 unspecified atom stereocenters. The highest BCUT2D eigenvalue weighted by Gasteiger charge is 2.22. The zero-order chi connectivity index (χ0) is 26.2. The van der Waals surface area contributed by atoms with Crippen molar-refractivity contribution in [2.45, 2.75) is 49.7 Å². The molecule has 1 fully saturated rings. The molecule has 0 bridgehead atoms. The molecular formula is C32H42N2O4. The molecule has 0 spiro atoms. The fourth-order valence-corrected chi connectivity index (χ4v) is 5.68. The lowest BCUT2D eigenvalue weighted by Gasteiger charge is -2.36. The molecule has 2 N–H and O–H groups in total. The molecule has 2 aromatic rings. The van der Waals surface area contributed by atoms with Crippen LogP contribution in [-0.2, 0) is 0 Å². The predicted molar refractivity (Wildman–Crippen MR) is 151 cm³/mol. The van der Waals surface area contributed by atoms with E-state index in [-0.39, 0.29) is 13.2 Å². The zero-order valence-corrected chi connectivity index (χ0v) is 22.3. The number of piperazine rings is 1. The van der Waals surface area contributed by atoms with Gasteiger partial charge in [0.1, 0.15) is 36.9 Å². The number of hydrogen-bond donors (Lipinski definition) is 2. The van der Waals surface area contributed by atoms with Crippen molar-refractivity contribution in [3.63, 3.8) is 0 Å². The number of benzene rings is 2. The quantitative estimate of drug-likeness (QED) is 0.408. The van der Waals surface area contributed by atoms with Gasteiger partial charge in [-0.2, -0.15) is 0 Å². The molecule has 2 aromatic carbocycles. The lowest BCUT2D eigenvalue weighted by atomic mass is 9.99. The highest BCUT2D eigenvalue weighted by molar-refractivity contribution is 5.33. The van der Waals surface area contributed by atoms with Gasteiger partial charge < -0.3 is 19.7 Å². The van der Waals surface area contributed by atoms with Crippen molar-refractivity contribution in [3.05, 3.63) is 84.0 Å². The van der Waals surface area contributed by atoms with E-state index in [1.807, 2.05) is 24.3 Å². The number of hydrogen-bond acceptors (Lipinski definition) is 6. The lowest BCUT2D eigenvalue weighted by Crippen LogP contribution is -2.51. The van der Waals surface area contributed by atoms with Gasteiger partial charge >= 0.3 is 0 Å². The highest BCUT2D eigenvalue weighted by atomic mass is 16.5. The fourth-order valence-electron chi connectivity index (χ4n) is 5.68. The molecule has 0 aromatic heterocycles. The smallest absolute Gasteiger partial charge is 0.119 e. The standard InChI is InChI=1S/C32H42N2O4/c35-29(23-37-31-13-9-27(10-14-31)25-5-1-2-6-25)21-33-17-19-34(20-18-33)22-30(36)24-38-32-15-11-28(12-16-32)26-7-3-4-8-26/h1,3,5,7,9-16,25-26,29-30,35-36H,2,4,6,8,17-24H2/t25-,26-,29-,30+/m1/s1. The van der Waals surface area contributed by atoms with Gasteiger partial charge in [-0.3, -0.25) is 9.80 Å². The maximum Gasteiger partial charge on any atom is 0.119 e. The number of allylic oxidation sites excluding steroid dienone is 4. The molecule has 0 amide bonds. The maximum absolute atomic E-state index is 10.5. The molecular weight excluding hydrogens is 476 g/mol. The monoisotopic (exact) mass is 518 g/mol. The summed E-state index contributed by atoms with van der Waals surface area (Å²) in [5.41, 5.74) is 2.65. The normalized spacial score (nSPS) is 23.5. The molecule has 4 atom stereocenters. The van der Waals surface area contributed by atoms with E-state index in [2.05, 4.69) is 58.4 Å². The van der Waals surface area contributed by atoms with Crippen LogP contribution in [0, 0.1) is 0 Å². The molecule has 5 rings (SSSR count). The number of rotatable bonds is 12. The second kappa shape index (κ2) is 13.4. The number of ether oxygens (including phenoxy) is 2. The van der Waals surface area contributed by atoms with E-state index >= 15 is 0 Å². The third-order valence-electron chi connectivity index (χ3n) is 7.93. The van der Waals surface area contributed by atoms with E-state index in [9.17, 15) is 10.2 Å². The minimum atomic E-state index is -0.533. The summed E-state index contributed by atoms with van der Waals surface area (Å²) < 4.78 is 11.7. The van der Waals surface area contributed by atoms with E-state index < -0.39 is 12.2 Å². The van der Waals surface area contributed by atoms with Crippen LogP contribution in [-0.4, -0.2) is 84.7 Å². The van der Waals surface area contributed by atoms with Gasteiger partial charge in [0.2, 0.25) is 0 Å². The van der Waals surface area contributed by atoms with Gasteiger partial charge in [-0.15, -0.1) is 0 Å². The van der Waals surface area contributed by atoms with E-state index in [1.54, 1.807) is 0 Å². The molecule has 6 heteroatoms. The van der Waals surface area contributed by atoms with Crippen molar-refractivity contribution in [1.29, 1.82) is 0 Å². The molecule has 38 heavy (non-hydrogen) atoms. The average Bonchev–Trinajstić information content (AvgIpc) is 3.68. The molecule has 0 radical (unpaired) electrons. The van der Waals surface area contributed by atoms with E-state index in [4.69, 9.17) is 9.47 Å². The van der Waals surface area contributed by atoms with Crippen molar-refractivity contribution in [2.24, 2.45) is 0 Å². The van der Waals surface area contributed by atoms with Crippen molar-refractivity contribution in [2.75, 3.05) is 52.5 Å². The maximum atomic E-state index is 10.5. The number of β-amino-alcohol motifs (C(OH)–C–C–N with tert-alkyl or cyclic N) is 2. The van der Waals surface area contributed by atoms with Crippen molar-refractivity contribution >= 4 is 0 Å². The molecule has 1 heterocycles. The second-order valence-electron chi connectivity index (χ2n) is 10.9. The summed E-state index contributed by atoms with van der Waals surface area (Å²) in [6.45, 7) is 5.23. The van der Waals surface area contributed by atoms with Crippen molar-refractivity contribution < 1.29 is 19.7 Å². The Morgan fingerprint density at radius 1 is 0.632 bits per heavy atom. The topological polar surface area (TPSA) is 65.4 Å². The van der Waals surface area contributed by atoms with Gasteiger partial charge in [-0.05, 0) is 61.1 Å². The summed E-state index contributed by atoms with van der Waals surface area (Å²) in [6.07, 6.45) is 12.7. The molecule has 3 aliphatic rings. The van der Waals surface area contributed by atoms with Crippen LogP contribution in [0.4, 0.5) is 0 Å². The van der Waals surface area contributed by atoms with Crippen LogP contribution in [0.5, 0.6) is 11.5 Å². The summed E-state index contributed by atoms with van der Waals surface area (Å²) >= 11 is 0. The van der Waals surface area contributed by atoms with Crippen LogP contribution in [0.25, 0.3) is 0 Å². The van der Waals surface area contributed by atoms with Crippen molar-refractivity contribution in [3.8, 4) is 11.5 Å². The SMILES string of the molecule is O[C@H](COc1ccc([C@@H]2C=CCC2)cc1)CN1CCN(C[C@@H](O)COc2ccc([C@@H]3C=CCC3)cc2)CC1. The first-order valence-electron chi connectivity index (χ1n) is 14.2. The molecule has 1 aliphatic heterocycles. The van der Waals surface area contributed by atoms with Crippen LogP contribution >= 0.6 is 0 Å². The number of nitrogens with zero attached hydrogens (tertiary/aromatic N) is 2. The first-order chi connectivity index (χ1) is 18.6. The van der Waals surface area contributed by atoms with Gasteiger partial charge in [0, 0.05) is 51.1 Å². The fraction of sp³-hybridized carbons (Fsp3) is 0.500. The van der Waals surface area contributed by atoms with E-state index in [0.717, 1.165) is 50.5 Å². The summed E-state index contributed by atoms with van der Waals surface area (Å²) in [4.78, 5) is 4.54. The summed E-state index contributed by atoms with van der Waals surface area (Å²) in [7, 11) is 0. The van der Waals surface area contributed by atoms with Gasteiger partial charge in [0.25, 0.3) is 0 Å². The third-order valence-corrected chi connectivity index (χ3v) is 7.93. The predicted octanol–water partition coefficient (Wildman–Crippen LogP) is 4.35. The number of aliphatic hydroxyl groups is 2. The van der Waals surface area contributed by atoms with Crippen molar-refractivity contribution in [1.82, 2.24) is 9.80 Å². The Morgan fingerprint density at radius 2 is 1.03 bits per heavy atom. The Morgan fingerprint density at radius 3 is 1.37 bits per heavy atom. The zero-order valence-electron chi connectivity index (χ0n) is 22.3. The first kappa shape index (κ1) is 26.9. The highest BCUT2D eigenvalue weighted by Crippen LogP contribution is 2.30. The van der Waals surface area contributed by atoms with Crippen LogP contribution in [0.15, 0.2) is 72.8 Å². The molecule has 6 nitrogen and oxygen atoms in total. The summed E-state index contributed by atoms with van der Waals surface area (Å²) in [5.74, 6) is 2.66. The van der Waals surface area contributed by atoms with Gasteiger partial charge in [0.05, 0.1) is 0 Å². The third kappa shape index (κ3) is 7.70. The Balaban J connectivity index is 0.952. The molecule has 2 aliphatic carbocycles. The summed E-state index contributed by atoms with van der Waals surface area (Å²) in [5, 5.41) is 21.0. The Kier molecular flexibility index (Phi) is 9.52. The van der Waals surface area contributed by atoms with Crippen LogP contribution in [0.2, 0.25) is 0 Å². The Hall–Kier alpha value is -2.64. The van der Waals surface area contributed by atoms with Crippen LogP contribution in [0.3, 0.4) is 0 Å².